The Balaban J connectivity index is 0.000000144. The molecule has 131 heavy (non-hydrogen) atoms. The molecule has 18 rings (SSSR count). The van der Waals surface area contributed by atoms with E-state index in [1.807, 2.05) is 36.3 Å². The largest absolute Gasteiger partial charge is 0.417 e. The first-order chi connectivity index (χ1) is 62.4. The number of ether oxygens (including phenoxy) is 1. The number of amides is 3. The number of likely N-dealkylation sites (N-methyl/N-ethyl adjacent to an activating group) is 1. The average Bonchev–Trinajstić information content (AvgIpc) is 1.76. The molecule has 0 saturated carbocycles. The standard InChI is InChI=1S/C31H31F6N5O2S.C31H32F5N5O3S.C30H34F2N6O2S/c1-4-25(43)40-11-17(3)41(12-16(40)2)29-22-10-23(31(35,36)37)26(21-6-5-18(32)9-24(21)34)28-27(22)42(30(44)38-29)20(15-45-28)14-39-8-7-19(33)13-39;1-4-25(42)39-13-18(3)40(14-17(39)2)29-22-12-23(31(34,35)36)26(21-6-5-19(32)11-24(21)33)28-27(22)41(30(43)37-29)20(16-45-28)15-38-7-9-44-10-8-38;1-4-25(39)36-11-13-37(14-12-36)29-23-15-19(2)26(22-6-5-20(31)16-24(22)32)28-27(23)38(30(40)33-29)21(18-41-28)17-35-9-7-34(3)8-10-35/h4-6,9-10,16-17,19-20H,1,7-8,11-15H2,2-3H3;4-6,11-12,17-18,20H,1,7-10,13-16H2,2-3H3;4-6,15-16,21H,1,7-14,17-18H2,2-3H3/t16-,17+,19?,20?;17-,18+,20?;/m11./s1. The van der Waals surface area contributed by atoms with Gasteiger partial charge in [0.2, 0.25) is 17.7 Å². The summed E-state index contributed by atoms with van der Waals surface area (Å²) in [5.41, 5.74) is -2.68. The van der Waals surface area contributed by atoms with Crippen LogP contribution >= 0.6 is 35.3 Å². The Morgan fingerprint density at radius 3 is 1.23 bits per heavy atom. The number of halogens is 13. The average molecular weight is 1880 g/mol. The van der Waals surface area contributed by atoms with Gasteiger partial charge in [-0.2, -0.15) is 41.3 Å². The molecule has 0 N–H and O–H groups in total. The lowest BCUT2D eigenvalue weighted by molar-refractivity contribution is -0.138. The molecule has 0 radical (unpaired) electrons. The van der Waals surface area contributed by atoms with Crippen LogP contribution in [0.4, 0.5) is 74.5 Å². The number of rotatable bonds is 15. The number of carbonyl (C=O) groups excluding carboxylic acids is 3. The van der Waals surface area contributed by atoms with Crippen LogP contribution in [0.2, 0.25) is 0 Å². The Labute approximate surface area is 758 Å². The fraction of sp³-hybridized carbons (Fsp3) is 0.446. The maximum Gasteiger partial charge on any atom is 0.417 e. The zero-order valence-corrected chi connectivity index (χ0v) is 75.2. The minimum atomic E-state index is -4.95. The van der Waals surface area contributed by atoms with Gasteiger partial charge in [-0.15, -0.1) is 35.3 Å². The van der Waals surface area contributed by atoms with Gasteiger partial charge >= 0.3 is 29.4 Å². The number of thioether (sulfide) groups is 3. The van der Waals surface area contributed by atoms with Gasteiger partial charge in [-0.25, -0.2) is 45.1 Å². The lowest BCUT2D eigenvalue weighted by Crippen LogP contribution is -2.58. The molecule has 39 heteroatoms. The number of carbonyl (C=O) groups is 3. The van der Waals surface area contributed by atoms with Crippen molar-refractivity contribution in [1.82, 2.24) is 63.0 Å². The van der Waals surface area contributed by atoms with E-state index in [0.717, 1.165) is 120 Å². The molecule has 696 valence electrons. The van der Waals surface area contributed by atoms with Gasteiger partial charge in [0.15, 0.2) is 0 Å². The normalized spacial score (nSPS) is 22.3. The van der Waals surface area contributed by atoms with E-state index in [2.05, 4.69) is 61.3 Å². The number of nitrogens with zero attached hydrogens (tertiary/aromatic N) is 16. The quantitative estimate of drug-likeness (QED) is 0.0693. The predicted octanol–water partition coefficient (Wildman–Crippen LogP) is 14.0. The highest BCUT2D eigenvalue weighted by molar-refractivity contribution is 8.00. The fourth-order valence-corrected chi connectivity index (χ4v) is 23.5. The Morgan fingerprint density at radius 1 is 0.458 bits per heavy atom. The summed E-state index contributed by atoms with van der Waals surface area (Å²) in [6.45, 7) is 31.0. The van der Waals surface area contributed by atoms with Crippen molar-refractivity contribution in [1.29, 1.82) is 0 Å². The van der Waals surface area contributed by atoms with Gasteiger partial charge in [0.25, 0.3) is 0 Å². The molecular weight excluding hydrogens is 1780 g/mol. The van der Waals surface area contributed by atoms with Gasteiger partial charge in [0, 0.05) is 248 Å². The van der Waals surface area contributed by atoms with E-state index in [9.17, 15) is 72.7 Å². The van der Waals surface area contributed by atoms with E-state index in [-0.39, 0.29) is 136 Å². The van der Waals surface area contributed by atoms with E-state index >= 15 is 13.2 Å². The number of aryl methyl sites for hydroxylation is 1. The number of hydrogen-bond donors (Lipinski definition) is 0. The number of morpholine rings is 1. The number of likely N-dealkylation sites (tertiary alicyclic amines) is 1. The molecule has 3 amide bonds. The molecule has 9 aromatic rings. The van der Waals surface area contributed by atoms with Crippen LogP contribution in [0.3, 0.4) is 0 Å². The summed E-state index contributed by atoms with van der Waals surface area (Å²) in [6, 6.07) is 9.71. The van der Waals surface area contributed by atoms with Crippen molar-refractivity contribution >= 4 is 103 Å². The van der Waals surface area contributed by atoms with Crippen molar-refractivity contribution in [2.24, 2.45) is 0 Å². The lowest BCUT2D eigenvalue weighted by Gasteiger charge is -2.45. The van der Waals surface area contributed by atoms with Crippen LogP contribution in [0.25, 0.3) is 66.1 Å². The molecule has 8 atom stereocenters. The topological polar surface area (TPSA) is 198 Å². The summed E-state index contributed by atoms with van der Waals surface area (Å²) >= 11 is 3.82. The molecule has 6 aromatic carbocycles. The van der Waals surface area contributed by atoms with Crippen molar-refractivity contribution in [3.05, 3.63) is 194 Å². The Hall–Kier alpha value is -10.3. The zero-order valence-electron chi connectivity index (χ0n) is 72.7. The Kier molecular flexibility index (Phi) is 27.2. The molecule has 0 aliphatic carbocycles. The van der Waals surface area contributed by atoms with E-state index in [4.69, 9.17) is 4.74 Å². The molecule has 9 aliphatic heterocycles. The van der Waals surface area contributed by atoms with Crippen LogP contribution in [0.1, 0.15) is 68.9 Å². The third-order valence-electron chi connectivity index (χ3n) is 26.0. The number of aromatic nitrogens is 6. The van der Waals surface area contributed by atoms with E-state index in [0.29, 0.717) is 107 Å². The maximum atomic E-state index is 15.2. The highest BCUT2D eigenvalue weighted by Gasteiger charge is 2.46. The fourth-order valence-electron chi connectivity index (χ4n) is 19.5. The summed E-state index contributed by atoms with van der Waals surface area (Å²) in [5, 5.41) is 0.986. The number of benzene rings is 6. The van der Waals surface area contributed by atoms with Gasteiger partial charge in [-0.1, -0.05) is 19.7 Å². The number of anilines is 3. The Morgan fingerprint density at radius 2 is 0.840 bits per heavy atom. The summed E-state index contributed by atoms with van der Waals surface area (Å²) in [5.74, 6) is -4.36. The second-order valence-corrected chi connectivity index (χ2v) is 37.7. The van der Waals surface area contributed by atoms with Crippen LogP contribution in [-0.2, 0) is 31.5 Å². The maximum absolute atomic E-state index is 15.2. The number of alkyl halides is 7. The van der Waals surface area contributed by atoms with Crippen molar-refractivity contribution in [3.8, 4) is 33.4 Å². The van der Waals surface area contributed by atoms with E-state index < -0.39 is 122 Å². The second-order valence-electron chi connectivity index (χ2n) is 34.6. The monoisotopic (exact) mass is 1880 g/mol. The van der Waals surface area contributed by atoms with Crippen LogP contribution < -0.4 is 31.8 Å². The highest BCUT2D eigenvalue weighted by Crippen LogP contribution is 2.54. The van der Waals surface area contributed by atoms with E-state index in [1.165, 1.54) is 39.5 Å². The summed E-state index contributed by atoms with van der Waals surface area (Å²) < 4.78 is 201. The molecule has 6 saturated heterocycles. The van der Waals surface area contributed by atoms with Gasteiger partial charge in [-0.05, 0) is 126 Å². The van der Waals surface area contributed by atoms with Gasteiger partial charge in [-0.3, -0.25) is 42.8 Å². The summed E-state index contributed by atoms with van der Waals surface area (Å²) in [7, 11) is 2.12. The summed E-state index contributed by atoms with van der Waals surface area (Å²) in [4.78, 5) is 112. The Bertz CT molecular complexity index is 5980. The molecule has 3 aromatic heterocycles. The summed E-state index contributed by atoms with van der Waals surface area (Å²) in [6.07, 6.45) is -6.81. The molecule has 6 fully saturated rings. The molecule has 12 heterocycles. The third-order valence-corrected chi connectivity index (χ3v) is 29.7. The van der Waals surface area contributed by atoms with Crippen molar-refractivity contribution in [3.63, 3.8) is 0 Å². The molecule has 23 nitrogen and oxygen atoms in total. The van der Waals surface area contributed by atoms with Gasteiger partial charge < -0.3 is 39.0 Å². The predicted molar refractivity (Wildman–Crippen MR) is 481 cm³/mol. The molecular formula is C92H97F13N16O7S3. The van der Waals surface area contributed by atoms with Crippen LogP contribution in [0.15, 0.2) is 140 Å². The van der Waals surface area contributed by atoms with Gasteiger partial charge in [0.1, 0.15) is 58.5 Å². The zero-order chi connectivity index (χ0) is 93.4. The minimum Gasteiger partial charge on any atom is -0.379 e. The van der Waals surface area contributed by atoms with Crippen molar-refractivity contribution in [2.75, 3.05) is 177 Å². The number of piperazine rings is 4. The highest BCUT2D eigenvalue weighted by atomic mass is 32.2. The first-order valence-corrected chi connectivity index (χ1v) is 46.3. The van der Waals surface area contributed by atoms with E-state index in [1.54, 1.807) is 50.1 Å². The smallest absolute Gasteiger partial charge is 0.379 e. The number of hydrogen-bond acceptors (Lipinski definition) is 20. The first-order valence-electron chi connectivity index (χ1n) is 43.3. The minimum absolute atomic E-state index is 0.0282. The van der Waals surface area contributed by atoms with Gasteiger partial charge in [0.05, 0.1) is 59.0 Å². The second kappa shape index (κ2) is 38.0. The lowest BCUT2D eigenvalue weighted by atomic mass is 9.95. The van der Waals surface area contributed by atoms with Crippen molar-refractivity contribution in [2.45, 2.75) is 117 Å². The van der Waals surface area contributed by atoms with Crippen LogP contribution in [-0.4, -0.2) is 273 Å². The SMILES string of the molecule is C=CC(=O)N1CCN(c2nc(=O)n3c4c(c(-c5ccc(F)cc5F)c(C)cc24)SCC3CN2CCN(C)CC2)CC1.C=CC(=O)N1C[C@H](C)N(c2nc(=O)n3c4c(c(-c5ccc(F)cc5F)c(C(F)(F)F)cc24)SCC3CN2CCC(F)C2)C[C@H]1C.C=CC(=O)N1C[C@H](C)N(c2nc(=O)n3c4c(c(-c5ccc(F)cc5F)c(C(F)(F)F)cc24)SCC3CN2CCOCC2)C[C@H]1C. The van der Waals surface area contributed by atoms with Crippen LogP contribution in [0.5, 0.6) is 0 Å². The molecule has 0 spiro atoms. The molecule has 0 bridgehead atoms. The third kappa shape index (κ3) is 18.6. The molecule has 9 aliphatic rings. The first kappa shape index (κ1) is 93.9. The van der Waals surface area contributed by atoms with Crippen LogP contribution in [0, 0.1) is 41.8 Å². The van der Waals surface area contributed by atoms with Crippen molar-refractivity contribution < 1.29 is 76.2 Å². The molecule has 4 unspecified atom stereocenters.